The van der Waals surface area contributed by atoms with E-state index < -0.39 is 18.0 Å². The first-order valence-corrected chi connectivity index (χ1v) is 13.0. The maximum absolute atomic E-state index is 12.9. The summed E-state index contributed by atoms with van der Waals surface area (Å²) in [4.78, 5) is 35.8. The van der Waals surface area contributed by atoms with Crippen LogP contribution >= 0.6 is 11.8 Å². The van der Waals surface area contributed by atoms with Gasteiger partial charge in [-0.25, -0.2) is 9.97 Å². The molecule has 0 atom stereocenters. The topological polar surface area (TPSA) is 117 Å². The van der Waals surface area contributed by atoms with Crippen LogP contribution in [0.5, 0.6) is 5.75 Å². The van der Waals surface area contributed by atoms with Crippen LogP contribution in [0.1, 0.15) is 28.8 Å². The van der Waals surface area contributed by atoms with Crippen LogP contribution in [0.15, 0.2) is 66.0 Å². The molecule has 1 aliphatic heterocycles. The summed E-state index contributed by atoms with van der Waals surface area (Å²) >= 11 is 1.31. The zero-order valence-electron chi connectivity index (χ0n) is 20.6. The molecule has 3 heterocycles. The second-order valence-electron chi connectivity index (χ2n) is 8.78. The maximum Gasteiger partial charge on any atom is 0.573 e. The van der Waals surface area contributed by atoms with Gasteiger partial charge in [0.25, 0.3) is 5.91 Å². The number of alkyl halides is 3. The molecule has 1 aliphatic rings. The van der Waals surface area contributed by atoms with E-state index in [4.69, 9.17) is 0 Å². The minimum absolute atomic E-state index is 0.189. The minimum atomic E-state index is -4.80. The lowest BCUT2D eigenvalue weighted by molar-refractivity contribution is -0.274. The van der Waals surface area contributed by atoms with Crippen molar-refractivity contribution in [2.45, 2.75) is 36.1 Å². The molecule has 1 fully saturated rings. The number of thioether (sulfide) groups is 1. The van der Waals surface area contributed by atoms with Gasteiger partial charge < -0.3 is 20.5 Å². The Morgan fingerprint density at radius 1 is 1.05 bits per heavy atom. The highest BCUT2D eigenvalue weighted by Crippen LogP contribution is 2.27. The van der Waals surface area contributed by atoms with Gasteiger partial charge in [0.2, 0.25) is 5.91 Å². The van der Waals surface area contributed by atoms with Crippen molar-refractivity contribution in [2.75, 3.05) is 30.3 Å². The SMILES string of the molecule is O=C(CN1CCC(O)CC1)Nc1cc(CSc2ncccc2C(=O)Nc2ccc(OC(F)(F)F)cc2)ccn1. The van der Waals surface area contributed by atoms with Crippen molar-refractivity contribution >= 4 is 35.1 Å². The first-order chi connectivity index (χ1) is 18.6. The average Bonchev–Trinajstić information content (AvgIpc) is 2.89. The Kier molecular flexibility index (Phi) is 9.38. The van der Waals surface area contributed by atoms with Gasteiger partial charge in [0.05, 0.1) is 18.2 Å². The van der Waals surface area contributed by atoms with Gasteiger partial charge in [-0.05, 0) is 66.9 Å². The monoisotopic (exact) mass is 561 g/mol. The number of benzene rings is 1. The number of rotatable bonds is 9. The van der Waals surface area contributed by atoms with Crippen molar-refractivity contribution in [1.82, 2.24) is 14.9 Å². The Labute approximate surface area is 226 Å². The first kappa shape index (κ1) is 28.3. The minimum Gasteiger partial charge on any atom is -0.406 e. The van der Waals surface area contributed by atoms with Gasteiger partial charge in [0.15, 0.2) is 0 Å². The van der Waals surface area contributed by atoms with E-state index in [1.807, 2.05) is 4.90 Å². The first-order valence-electron chi connectivity index (χ1n) is 12.0. The summed E-state index contributed by atoms with van der Waals surface area (Å²) in [5.74, 6) is -0.200. The zero-order valence-corrected chi connectivity index (χ0v) is 21.5. The fourth-order valence-electron chi connectivity index (χ4n) is 3.86. The van der Waals surface area contributed by atoms with Crippen molar-refractivity contribution in [2.24, 2.45) is 0 Å². The summed E-state index contributed by atoms with van der Waals surface area (Å²) in [5.41, 5.74) is 1.44. The number of anilines is 2. The molecule has 0 aliphatic carbocycles. The molecule has 1 saturated heterocycles. The Hall–Kier alpha value is -3.68. The summed E-state index contributed by atoms with van der Waals surface area (Å²) in [6.07, 6.45) is -0.670. The third-order valence-corrected chi connectivity index (χ3v) is 6.83. The highest BCUT2D eigenvalue weighted by molar-refractivity contribution is 7.98. The smallest absolute Gasteiger partial charge is 0.406 e. The highest BCUT2D eigenvalue weighted by atomic mass is 32.2. The zero-order chi connectivity index (χ0) is 27.8. The molecule has 0 spiro atoms. The fraction of sp³-hybridized carbons (Fsp3) is 0.308. The van der Waals surface area contributed by atoms with Crippen LogP contribution in [0.25, 0.3) is 0 Å². The number of aliphatic hydroxyl groups is 1. The van der Waals surface area contributed by atoms with Crippen LogP contribution in [0.4, 0.5) is 24.7 Å². The summed E-state index contributed by atoms with van der Waals surface area (Å²) in [7, 11) is 0. The number of hydrogen-bond acceptors (Lipinski definition) is 8. The number of carbonyl (C=O) groups excluding carboxylic acids is 2. The molecule has 9 nitrogen and oxygen atoms in total. The lowest BCUT2D eigenvalue weighted by Gasteiger charge is -2.28. The lowest BCUT2D eigenvalue weighted by atomic mass is 10.1. The lowest BCUT2D eigenvalue weighted by Crippen LogP contribution is -2.40. The van der Waals surface area contributed by atoms with Gasteiger partial charge in [-0.2, -0.15) is 0 Å². The number of halogens is 3. The Morgan fingerprint density at radius 3 is 2.51 bits per heavy atom. The number of hydrogen-bond donors (Lipinski definition) is 3. The number of aliphatic hydroxyl groups excluding tert-OH is 1. The molecule has 3 N–H and O–H groups in total. The predicted molar refractivity (Wildman–Crippen MR) is 139 cm³/mol. The molecule has 4 rings (SSSR count). The molecule has 0 unspecified atom stereocenters. The summed E-state index contributed by atoms with van der Waals surface area (Å²) in [6, 6.07) is 11.6. The number of piperidine rings is 1. The van der Waals surface area contributed by atoms with Crippen LogP contribution in [0, 0.1) is 0 Å². The van der Waals surface area contributed by atoms with Crippen molar-refractivity contribution in [3.8, 4) is 5.75 Å². The Bertz CT molecular complexity index is 1290. The Balaban J connectivity index is 1.33. The summed E-state index contributed by atoms with van der Waals surface area (Å²) < 4.78 is 40.9. The molecule has 1 aromatic carbocycles. The molecule has 206 valence electrons. The maximum atomic E-state index is 12.9. The second kappa shape index (κ2) is 12.9. The van der Waals surface area contributed by atoms with Crippen molar-refractivity contribution in [1.29, 1.82) is 0 Å². The molecule has 3 aromatic rings. The van der Waals surface area contributed by atoms with Crippen molar-refractivity contribution in [3.05, 3.63) is 72.1 Å². The fourth-order valence-corrected chi connectivity index (χ4v) is 4.80. The van der Waals surface area contributed by atoms with E-state index >= 15 is 0 Å². The highest BCUT2D eigenvalue weighted by Gasteiger charge is 2.31. The number of ether oxygens (including phenoxy) is 1. The van der Waals surface area contributed by atoms with E-state index in [0.29, 0.717) is 53.8 Å². The van der Waals surface area contributed by atoms with Crippen LogP contribution in [0.2, 0.25) is 0 Å². The molecule has 0 radical (unpaired) electrons. The van der Waals surface area contributed by atoms with Crippen molar-refractivity contribution in [3.63, 3.8) is 0 Å². The largest absolute Gasteiger partial charge is 0.573 e. The number of carbonyl (C=O) groups is 2. The third-order valence-electron chi connectivity index (χ3n) is 5.75. The molecule has 39 heavy (non-hydrogen) atoms. The summed E-state index contributed by atoms with van der Waals surface area (Å²) in [5, 5.41) is 15.5. The average molecular weight is 562 g/mol. The molecule has 0 bridgehead atoms. The molecular weight excluding hydrogens is 535 g/mol. The number of nitrogens with zero attached hydrogens (tertiary/aromatic N) is 3. The second-order valence-corrected chi connectivity index (χ2v) is 9.74. The molecule has 2 amide bonds. The van der Waals surface area contributed by atoms with E-state index in [1.165, 1.54) is 23.9 Å². The Morgan fingerprint density at radius 2 is 1.79 bits per heavy atom. The van der Waals surface area contributed by atoms with Crippen LogP contribution in [0.3, 0.4) is 0 Å². The standard InChI is InChI=1S/C26H26F3N5O4S/c27-26(28,29)38-20-5-3-18(4-6-20)32-24(37)21-2-1-10-31-25(21)39-16-17-7-11-30-22(14-17)33-23(36)15-34-12-8-19(35)9-13-34/h1-7,10-11,14,19,35H,8-9,12-13,15-16H2,(H,32,37)(H,30,33,36). The van der Waals surface area contributed by atoms with Gasteiger partial charge in [-0.15, -0.1) is 24.9 Å². The molecule has 0 saturated carbocycles. The van der Waals surface area contributed by atoms with Crippen LogP contribution in [-0.4, -0.2) is 63.9 Å². The quantitative estimate of drug-likeness (QED) is 0.331. The number of likely N-dealkylation sites (tertiary alicyclic amines) is 1. The van der Waals surface area contributed by atoms with Gasteiger partial charge >= 0.3 is 6.36 Å². The molecule has 13 heteroatoms. The van der Waals surface area contributed by atoms with E-state index in [1.54, 1.807) is 36.7 Å². The molecule has 2 aromatic heterocycles. The predicted octanol–water partition coefficient (Wildman–Crippen LogP) is 4.32. The van der Waals surface area contributed by atoms with E-state index in [-0.39, 0.29) is 18.6 Å². The summed E-state index contributed by atoms with van der Waals surface area (Å²) in [6.45, 7) is 1.55. The molecular formula is C26H26F3N5O4S. The van der Waals surface area contributed by atoms with Gasteiger partial charge in [-0.3, -0.25) is 14.5 Å². The van der Waals surface area contributed by atoms with E-state index in [9.17, 15) is 27.9 Å². The van der Waals surface area contributed by atoms with Crippen LogP contribution < -0.4 is 15.4 Å². The third kappa shape index (κ3) is 8.94. The number of pyridine rings is 2. The van der Waals surface area contributed by atoms with Crippen molar-refractivity contribution < 1.29 is 32.6 Å². The number of amides is 2. The van der Waals surface area contributed by atoms with Gasteiger partial charge in [-0.1, -0.05) is 0 Å². The van der Waals surface area contributed by atoms with E-state index in [2.05, 4.69) is 25.3 Å². The van der Waals surface area contributed by atoms with Crippen LogP contribution in [-0.2, 0) is 10.5 Å². The van der Waals surface area contributed by atoms with Gasteiger partial charge in [0.1, 0.15) is 16.6 Å². The van der Waals surface area contributed by atoms with E-state index in [0.717, 1.165) is 17.7 Å². The number of nitrogens with one attached hydrogen (secondary N) is 2. The van der Waals surface area contributed by atoms with Gasteiger partial charge in [0, 0.05) is 36.9 Å². The normalized spacial score (nSPS) is 14.6. The number of aromatic nitrogens is 2.